The third kappa shape index (κ3) is 4.19. The van der Waals surface area contributed by atoms with Gasteiger partial charge >= 0.3 is 5.97 Å². The van der Waals surface area contributed by atoms with Gasteiger partial charge in [0, 0.05) is 35.4 Å². The van der Waals surface area contributed by atoms with E-state index in [9.17, 15) is 19.5 Å². The lowest BCUT2D eigenvalue weighted by Crippen LogP contribution is -2.70. The minimum Gasteiger partial charge on any atom is -0.477 e. The highest BCUT2D eigenvalue weighted by atomic mass is 32.2. The minimum atomic E-state index is -1.13. The lowest BCUT2D eigenvalue weighted by atomic mass is 9.99. The number of nitrogens with zero attached hydrogens (tertiary/aromatic N) is 3. The normalized spacial score (nSPS) is 20.4. The van der Waals surface area contributed by atoms with E-state index < -0.39 is 23.3 Å². The van der Waals surface area contributed by atoms with Crippen molar-refractivity contribution in [3.05, 3.63) is 65.9 Å². The average molecular weight is 443 g/mol. The maximum atomic E-state index is 12.7. The molecule has 2 aliphatic heterocycles. The van der Waals surface area contributed by atoms with Crippen molar-refractivity contribution < 1.29 is 19.5 Å². The number of rotatable bonds is 7. The van der Waals surface area contributed by atoms with Crippen LogP contribution in [0.3, 0.4) is 0 Å². The van der Waals surface area contributed by atoms with Crippen LogP contribution in [0.25, 0.3) is 0 Å². The van der Waals surface area contributed by atoms with Crippen molar-refractivity contribution in [1.29, 1.82) is 0 Å². The SMILES string of the molecule is O=C(CSc1ccncc1)N[C@@H]1C(=O)N2C(C(=O)O)=C(Cc3cccnc3)CS[C@H]12. The lowest BCUT2D eigenvalue weighted by molar-refractivity contribution is -0.150. The maximum Gasteiger partial charge on any atom is 0.352 e. The number of amides is 2. The Hall–Kier alpha value is -2.85. The van der Waals surface area contributed by atoms with Crippen molar-refractivity contribution in [2.75, 3.05) is 11.5 Å². The molecule has 0 spiro atoms. The minimum absolute atomic E-state index is 0.0178. The molecule has 8 nitrogen and oxygen atoms in total. The zero-order chi connectivity index (χ0) is 21.1. The Morgan fingerprint density at radius 1 is 1.23 bits per heavy atom. The number of β-lactam (4-membered cyclic amide) rings is 1. The van der Waals surface area contributed by atoms with Crippen molar-refractivity contribution in [3.63, 3.8) is 0 Å². The molecular formula is C20H18N4O4S2. The zero-order valence-corrected chi connectivity index (χ0v) is 17.4. The van der Waals surface area contributed by atoms with Crippen LogP contribution in [0.1, 0.15) is 5.56 Å². The van der Waals surface area contributed by atoms with Crippen molar-refractivity contribution in [1.82, 2.24) is 20.2 Å². The molecule has 2 aromatic heterocycles. The Balaban J connectivity index is 1.42. The molecule has 1 saturated heterocycles. The number of pyridine rings is 2. The summed E-state index contributed by atoms with van der Waals surface area (Å²) in [5.41, 5.74) is 1.57. The number of carboxylic acids is 1. The van der Waals surface area contributed by atoms with Crippen LogP contribution >= 0.6 is 23.5 Å². The Morgan fingerprint density at radius 3 is 2.73 bits per heavy atom. The molecule has 2 aliphatic rings. The van der Waals surface area contributed by atoms with Crippen LogP contribution in [0.15, 0.2) is 65.2 Å². The van der Waals surface area contributed by atoms with E-state index in [0.717, 1.165) is 10.5 Å². The average Bonchev–Trinajstić information content (AvgIpc) is 2.77. The summed E-state index contributed by atoms with van der Waals surface area (Å²) in [4.78, 5) is 47.1. The smallest absolute Gasteiger partial charge is 0.352 e. The van der Waals surface area contributed by atoms with Crippen molar-refractivity contribution in [3.8, 4) is 0 Å². The third-order valence-electron chi connectivity index (χ3n) is 4.73. The van der Waals surface area contributed by atoms with Crippen LogP contribution in [0.5, 0.6) is 0 Å². The van der Waals surface area contributed by atoms with E-state index in [1.165, 1.54) is 28.4 Å². The highest BCUT2D eigenvalue weighted by Crippen LogP contribution is 2.41. The molecule has 154 valence electrons. The van der Waals surface area contributed by atoms with E-state index in [2.05, 4.69) is 15.3 Å². The van der Waals surface area contributed by atoms with E-state index in [1.54, 1.807) is 43.0 Å². The van der Waals surface area contributed by atoms with Gasteiger partial charge in [-0.25, -0.2) is 4.79 Å². The van der Waals surface area contributed by atoms with Crippen LogP contribution in [0.2, 0.25) is 0 Å². The molecule has 10 heteroatoms. The summed E-state index contributed by atoms with van der Waals surface area (Å²) in [6.45, 7) is 0. The summed E-state index contributed by atoms with van der Waals surface area (Å²) < 4.78 is 0. The molecule has 0 radical (unpaired) electrons. The van der Waals surface area contributed by atoms with E-state index in [1.807, 2.05) is 6.07 Å². The number of carboxylic acid groups (broad SMARTS) is 1. The molecule has 0 bridgehead atoms. The van der Waals surface area contributed by atoms with Crippen molar-refractivity contribution in [2.45, 2.75) is 22.7 Å². The van der Waals surface area contributed by atoms with Gasteiger partial charge in [0.1, 0.15) is 17.1 Å². The summed E-state index contributed by atoms with van der Waals surface area (Å²) in [5.74, 6) is -1.15. The molecular weight excluding hydrogens is 424 g/mol. The molecule has 2 aromatic rings. The van der Waals surface area contributed by atoms with Gasteiger partial charge in [0.15, 0.2) is 0 Å². The molecule has 2 atom stereocenters. The van der Waals surface area contributed by atoms with Gasteiger partial charge in [-0.05, 0) is 35.8 Å². The number of nitrogens with one attached hydrogen (secondary N) is 1. The zero-order valence-electron chi connectivity index (χ0n) is 15.7. The summed E-state index contributed by atoms with van der Waals surface area (Å²) in [5, 5.41) is 12.1. The third-order valence-corrected chi connectivity index (χ3v) is 7.08. The number of aromatic nitrogens is 2. The van der Waals surface area contributed by atoms with Crippen LogP contribution in [0, 0.1) is 0 Å². The molecule has 0 aromatic carbocycles. The fourth-order valence-electron chi connectivity index (χ4n) is 3.37. The summed E-state index contributed by atoms with van der Waals surface area (Å²) >= 11 is 2.81. The number of hydrogen-bond acceptors (Lipinski definition) is 7. The first-order valence-electron chi connectivity index (χ1n) is 9.15. The van der Waals surface area contributed by atoms with Crippen LogP contribution in [-0.4, -0.2) is 60.7 Å². The standard InChI is InChI=1S/C20H18N4O4S2/c25-15(11-29-14-3-6-21-7-4-14)23-16-18(26)24-17(20(27)28)13(10-30-19(16)24)8-12-2-1-5-22-9-12/h1-7,9,16,19H,8,10-11H2,(H,23,25)(H,27,28)/t16-,19-/m1/s1. The second-order valence-corrected chi connectivity index (χ2v) is 8.88. The number of carbonyl (C=O) groups excluding carboxylic acids is 2. The van der Waals surface area contributed by atoms with Crippen molar-refractivity contribution >= 4 is 41.3 Å². The number of fused-ring (bicyclic) bond motifs is 1. The first kappa shape index (κ1) is 20.4. The van der Waals surface area contributed by atoms with Gasteiger partial charge < -0.3 is 10.4 Å². The number of carbonyl (C=O) groups is 3. The van der Waals surface area contributed by atoms with Gasteiger partial charge in [0.05, 0.1) is 5.75 Å². The molecule has 0 saturated carbocycles. The number of aliphatic carboxylic acids is 1. The molecule has 2 amide bonds. The van der Waals surface area contributed by atoms with E-state index in [-0.39, 0.29) is 17.4 Å². The van der Waals surface area contributed by atoms with E-state index >= 15 is 0 Å². The Bertz CT molecular complexity index is 1000. The predicted molar refractivity (Wildman–Crippen MR) is 113 cm³/mol. The van der Waals surface area contributed by atoms with Gasteiger partial charge in [-0.3, -0.25) is 24.5 Å². The van der Waals surface area contributed by atoms with Gasteiger partial charge in [-0.2, -0.15) is 0 Å². The Morgan fingerprint density at radius 2 is 2.03 bits per heavy atom. The van der Waals surface area contributed by atoms with Gasteiger partial charge in [-0.1, -0.05) is 6.07 Å². The van der Waals surface area contributed by atoms with E-state index in [4.69, 9.17) is 0 Å². The quantitative estimate of drug-likeness (QED) is 0.491. The van der Waals surface area contributed by atoms with Gasteiger partial charge in [-0.15, -0.1) is 23.5 Å². The highest BCUT2D eigenvalue weighted by molar-refractivity contribution is 8.00. The molecule has 2 N–H and O–H groups in total. The topological polar surface area (TPSA) is 112 Å². The van der Waals surface area contributed by atoms with E-state index in [0.29, 0.717) is 17.7 Å². The molecule has 1 fully saturated rings. The molecule has 0 unspecified atom stereocenters. The first-order valence-corrected chi connectivity index (χ1v) is 11.2. The lowest BCUT2D eigenvalue weighted by Gasteiger charge is -2.49. The fourth-order valence-corrected chi connectivity index (χ4v) is 5.41. The highest BCUT2D eigenvalue weighted by Gasteiger charge is 2.54. The van der Waals surface area contributed by atoms with Crippen LogP contribution in [0.4, 0.5) is 0 Å². The second kappa shape index (κ2) is 8.88. The summed E-state index contributed by atoms with van der Waals surface area (Å²) in [6.07, 6.45) is 7.05. The molecule has 4 heterocycles. The van der Waals surface area contributed by atoms with Crippen LogP contribution < -0.4 is 5.32 Å². The number of thioether (sulfide) groups is 2. The van der Waals surface area contributed by atoms with Crippen molar-refractivity contribution in [2.24, 2.45) is 0 Å². The fraction of sp³-hybridized carbons (Fsp3) is 0.250. The summed E-state index contributed by atoms with van der Waals surface area (Å²) in [7, 11) is 0. The summed E-state index contributed by atoms with van der Waals surface area (Å²) in [6, 6.07) is 6.56. The van der Waals surface area contributed by atoms with Crippen LogP contribution in [-0.2, 0) is 20.8 Å². The number of hydrogen-bond donors (Lipinski definition) is 2. The molecule has 4 rings (SSSR count). The van der Waals surface area contributed by atoms with Gasteiger partial charge in [0.25, 0.3) is 5.91 Å². The van der Waals surface area contributed by atoms with Gasteiger partial charge in [0.2, 0.25) is 5.91 Å². The molecule has 0 aliphatic carbocycles. The monoisotopic (exact) mass is 442 g/mol. The molecule has 30 heavy (non-hydrogen) atoms. The largest absolute Gasteiger partial charge is 0.477 e. The second-order valence-electron chi connectivity index (χ2n) is 6.72. The Kier molecular flexibility index (Phi) is 6.05. The maximum absolute atomic E-state index is 12.7. The first-order chi connectivity index (χ1) is 14.5. The predicted octanol–water partition coefficient (Wildman–Crippen LogP) is 1.55. The Labute approximate surface area is 181 Å².